The first kappa shape index (κ1) is 30.4. The summed E-state index contributed by atoms with van der Waals surface area (Å²) in [6.07, 6.45) is 8.88. The molecule has 2 aliphatic heterocycles. The van der Waals surface area contributed by atoms with Gasteiger partial charge < -0.3 is 18.9 Å². The predicted molar refractivity (Wildman–Crippen MR) is 140 cm³/mol. The number of amides is 1. The first-order chi connectivity index (χ1) is 18.2. The number of carbonyl (C=O) groups is 1. The number of hydrogen-bond donors (Lipinski definition) is 1. The summed E-state index contributed by atoms with van der Waals surface area (Å²) in [5, 5.41) is 5.83. The van der Waals surface area contributed by atoms with Gasteiger partial charge in [-0.1, -0.05) is 75.9 Å². The normalized spacial score (nSPS) is 24.4. The highest BCUT2D eigenvalue weighted by Crippen LogP contribution is 2.39. The summed E-state index contributed by atoms with van der Waals surface area (Å²) in [6.45, 7) is 7.99. The predicted octanol–water partition coefficient (Wildman–Crippen LogP) is 7.07. The lowest BCUT2D eigenvalue weighted by Gasteiger charge is -2.24. The molecule has 214 valence electrons. The van der Waals surface area contributed by atoms with E-state index in [4.69, 9.17) is 23.8 Å². The number of oxime groups is 1. The van der Waals surface area contributed by atoms with Gasteiger partial charge in [-0.05, 0) is 39.3 Å². The number of para-hydroxylation sites is 1. The highest BCUT2D eigenvalue weighted by molar-refractivity contribution is 5.89. The third-order valence-corrected chi connectivity index (χ3v) is 6.67. The van der Waals surface area contributed by atoms with Crippen LogP contribution in [0.5, 0.6) is 0 Å². The van der Waals surface area contributed by atoms with Crippen molar-refractivity contribution in [3.05, 3.63) is 29.8 Å². The zero-order valence-electron chi connectivity index (χ0n) is 23.0. The summed E-state index contributed by atoms with van der Waals surface area (Å²) in [5.74, 6) is -2.69. The third-order valence-electron chi connectivity index (χ3n) is 6.67. The topological polar surface area (TPSA) is 87.6 Å². The van der Waals surface area contributed by atoms with E-state index in [2.05, 4.69) is 12.1 Å². The van der Waals surface area contributed by atoms with Crippen molar-refractivity contribution in [2.45, 2.75) is 122 Å². The van der Waals surface area contributed by atoms with Gasteiger partial charge in [0.1, 0.15) is 35.6 Å². The fourth-order valence-electron chi connectivity index (χ4n) is 4.73. The molecule has 10 heteroatoms. The van der Waals surface area contributed by atoms with Gasteiger partial charge in [0.25, 0.3) is 0 Å². The monoisotopic (exact) mass is 540 g/mol. The molecular formula is C28H42F2N2O6. The van der Waals surface area contributed by atoms with E-state index in [0.29, 0.717) is 12.3 Å². The Balaban J connectivity index is 1.44. The summed E-state index contributed by atoms with van der Waals surface area (Å²) in [7, 11) is 0. The average Bonchev–Trinajstić information content (AvgIpc) is 3.36. The molecule has 2 fully saturated rings. The van der Waals surface area contributed by atoms with Crippen molar-refractivity contribution in [2.75, 3.05) is 11.9 Å². The van der Waals surface area contributed by atoms with Crippen LogP contribution >= 0.6 is 0 Å². The highest BCUT2D eigenvalue weighted by Gasteiger charge is 2.56. The SMILES string of the molecule is CCCCCCCCCCCCO[C@H]1O[C@H](/C(C)=N/OC(=O)Nc2c(F)cccc2F)[C@@H]2OC(C)(C)O[C@H]12. The number of unbranched alkanes of at least 4 members (excludes halogenated alkanes) is 9. The van der Waals surface area contributed by atoms with Crippen molar-refractivity contribution >= 4 is 17.5 Å². The lowest BCUT2D eigenvalue weighted by molar-refractivity contribution is -0.226. The van der Waals surface area contributed by atoms with Gasteiger partial charge in [0.15, 0.2) is 12.1 Å². The summed E-state index contributed by atoms with van der Waals surface area (Å²) in [4.78, 5) is 16.9. The van der Waals surface area contributed by atoms with E-state index >= 15 is 0 Å². The molecule has 38 heavy (non-hydrogen) atoms. The van der Waals surface area contributed by atoms with Gasteiger partial charge in [0.05, 0.1) is 5.71 Å². The Hall–Kier alpha value is -2.14. The molecule has 0 saturated carbocycles. The van der Waals surface area contributed by atoms with E-state index < -0.39 is 53.8 Å². The molecular weight excluding hydrogens is 498 g/mol. The Morgan fingerprint density at radius 1 is 0.974 bits per heavy atom. The van der Waals surface area contributed by atoms with Crippen molar-refractivity contribution in [3.63, 3.8) is 0 Å². The number of carbonyl (C=O) groups excluding carboxylic acids is 1. The number of fused-ring (bicyclic) bond motifs is 1. The minimum absolute atomic E-state index is 0.301. The van der Waals surface area contributed by atoms with E-state index in [1.807, 2.05) is 5.32 Å². The largest absolute Gasteiger partial charge is 0.438 e. The molecule has 2 aliphatic rings. The molecule has 1 N–H and O–H groups in total. The maximum absolute atomic E-state index is 13.8. The van der Waals surface area contributed by atoms with E-state index in [1.54, 1.807) is 20.8 Å². The van der Waals surface area contributed by atoms with E-state index in [-0.39, 0.29) is 0 Å². The molecule has 0 aromatic heterocycles. The van der Waals surface area contributed by atoms with Crippen molar-refractivity contribution in [1.29, 1.82) is 0 Å². The fourth-order valence-corrected chi connectivity index (χ4v) is 4.73. The molecule has 2 saturated heterocycles. The number of rotatable bonds is 15. The summed E-state index contributed by atoms with van der Waals surface area (Å²) < 4.78 is 51.6. The molecule has 1 aromatic rings. The Labute approximate surface area is 224 Å². The van der Waals surface area contributed by atoms with Gasteiger partial charge in [-0.15, -0.1) is 0 Å². The molecule has 0 radical (unpaired) electrons. The minimum Gasteiger partial charge on any atom is -0.350 e. The smallest absolute Gasteiger partial charge is 0.350 e. The maximum atomic E-state index is 13.8. The van der Waals surface area contributed by atoms with E-state index in [0.717, 1.165) is 25.0 Å². The van der Waals surface area contributed by atoms with E-state index in [1.165, 1.54) is 57.4 Å². The lowest BCUT2D eigenvalue weighted by atomic mass is 10.1. The van der Waals surface area contributed by atoms with Crippen LogP contribution in [-0.2, 0) is 23.8 Å². The number of anilines is 1. The molecule has 1 aromatic carbocycles. The second kappa shape index (κ2) is 14.9. The van der Waals surface area contributed by atoms with Crippen LogP contribution in [0.25, 0.3) is 0 Å². The lowest BCUT2D eigenvalue weighted by Crippen LogP contribution is -2.34. The first-order valence-corrected chi connectivity index (χ1v) is 13.8. The second-order valence-electron chi connectivity index (χ2n) is 10.4. The van der Waals surface area contributed by atoms with Crippen LogP contribution < -0.4 is 5.32 Å². The molecule has 4 atom stereocenters. The number of benzene rings is 1. The fraction of sp³-hybridized carbons (Fsp3) is 0.714. The van der Waals surface area contributed by atoms with Crippen molar-refractivity contribution in [2.24, 2.45) is 5.16 Å². The van der Waals surface area contributed by atoms with Gasteiger partial charge >= 0.3 is 6.09 Å². The highest BCUT2D eigenvalue weighted by atomic mass is 19.1. The summed E-state index contributed by atoms with van der Waals surface area (Å²) >= 11 is 0. The van der Waals surface area contributed by atoms with Crippen LogP contribution in [0.15, 0.2) is 23.4 Å². The molecule has 8 nitrogen and oxygen atoms in total. The molecule has 3 rings (SSSR count). The number of nitrogens with one attached hydrogen (secondary N) is 1. The quantitative estimate of drug-likeness (QED) is 0.111. The summed E-state index contributed by atoms with van der Waals surface area (Å²) in [6, 6.07) is 3.24. The van der Waals surface area contributed by atoms with Crippen LogP contribution in [0, 0.1) is 11.6 Å². The van der Waals surface area contributed by atoms with Gasteiger partial charge in [0, 0.05) is 6.61 Å². The minimum atomic E-state index is -1.14. The maximum Gasteiger partial charge on any atom is 0.438 e. The molecule has 1 amide bonds. The van der Waals surface area contributed by atoms with Crippen LogP contribution in [0.2, 0.25) is 0 Å². The molecule has 0 bridgehead atoms. The average molecular weight is 541 g/mol. The standard InChI is InChI=1S/C28H42F2N2O6/c1-5-6-7-8-9-10-11-12-13-14-18-34-26-25-24(36-28(3,4)37-25)23(35-26)19(2)32-38-27(33)31-22-20(29)16-15-17-21(22)30/h15-17,23-26H,5-14,18H2,1-4H3,(H,31,33)/b32-19+/t23-,24+,25+,26+/m1/s1. The van der Waals surface area contributed by atoms with Crippen LogP contribution in [0.3, 0.4) is 0 Å². The van der Waals surface area contributed by atoms with Crippen molar-refractivity contribution in [3.8, 4) is 0 Å². The molecule has 0 aliphatic carbocycles. The Bertz CT molecular complexity index is 908. The van der Waals surface area contributed by atoms with Gasteiger partial charge in [-0.2, -0.15) is 0 Å². The number of nitrogens with zero attached hydrogens (tertiary/aromatic N) is 1. The Morgan fingerprint density at radius 2 is 1.55 bits per heavy atom. The van der Waals surface area contributed by atoms with Gasteiger partial charge in [0.2, 0.25) is 0 Å². The van der Waals surface area contributed by atoms with Crippen LogP contribution in [-0.4, -0.2) is 48.8 Å². The second-order valence-corrected chi connectivity index (χ2v) is 10.4. The first-order valence-electron chi connectivity index (χ1n) is 13.8. The van der Waals surface area contributed by atoms with Crippen molar-refractivity contribution in [1.82, 2.24) is 0 Å². The van der Waals surface area contributed by atoms with Gasteiger partial charge in [-0.3, -0.25) is 10.2 Å². The molecule has 2 heterocycles. The number of ether oxygens (including phenoxy) is 4. The zero-order chi connectivity index (χ0) is 27.5. The van der Waals surface area contributed by atoms with Gasteiger partial charge in [-0.25, -0.2) is 13.6 Å². The molecule has 0 unspecified atom stereocenters. The van der Waals surface area contributed by atoms with Crippen LogP contribution in [0.1, 0.15) is 91.9 Å². The Kier molecular flexibility index (Phi) is 11.9. The van der Waals surface area contributed by atoms with E-state index in [9.17, 15) is 13.6 Å². The zero-order valence-corrected chi connectivity index (χ0v) is 23.0. The summed E-state index contributed by atoms with van der Waals surface area (Å²) in [5.41, 5.74) is -0.312. The number of hydrogen-bond acceptors (Lipinski definition) is 7. The van der Waals surface area contributed by atoms with Crippen LogP contribution in [0.4, 0.5) is 19.3 Å². The third kappa shape index (κ3) is 8.97. The van der Waals surface area contributed by atoms with Crippen molar-refractivity contribution < 1.29 is 37.4 Å². The molecule has 0 spiro atoms. The Morgan fingerprint density at radius 3 is 2.18 bits per heavy atom. The number of halogens is 2.